The second-order valence-corrected chi connectivity index (χ2v) is 5.33. The minimum absolute atomic E-state index is 0.127. The molecule has 0 aromatic carbocycles. The molecule has 0 aliphatic carbocycles. The van der Waals surface area contributed by atoms with Gasteiger partial charge in [-0.15, -0.1) is 0 Å². The van der Waals surface area contributed by atoms with Crippen molar-refractivity contribution < 1.29 is 14.7 Å². The van der Waals surface area contributed by atoms with Gasteiger partial charge in [-0.2, -0.15) is 0 Å². The zero-order valence-corrected chi connectivity index (χ0v) is 11.4. The molecule has 1 heterocycles. The number of unbranched alkanes of at least 4 members (excludes halogenated alkanes) is 2. The lowest BCUT2D eigenvalue weighted by molar-refractivity contribution is -0.150. The average molecular weight is 256 g/mol. The van der Waals surface area contributed by atoms with Gasteiger partial charge in [-0.1, -0.05) is 19.8 Å². The molecule has 1 saturated heterocycles. The van der Waals surface area contributed by atoms with Gasteiger partial charge in [-0.3, -0.25) is 4.79 Å². The molecule has 0 aromatic heterocycles. The molecule has 104 valence electrons. The number of carbonyl (C=O) groups is 2. The van der Waals surface area contributed by atoms with Gasteiger partial charge >= 0.3 is 12.0 Å². The van der Waals surface area contributed by atoms with Crippen LogP contribution in [0.25, 0.3) is 0 Å². The van der Waals surface area contributed by atoms with Crippen molar-refractivity contribution in [2.75, 3.05) is 19.6 Å². The second kappa shape index (κ2) is 6.61. The van der Waals surface area contributed by atoms with E-state index in [9.17, 15) is 14.7 Å². The summed E-state index contributed by atoms with van der Waals surface area (Å²) < 4.78 is 0. The number of likely N-dealkylation sites (tertiary alicyclic amines) is 1. The number of urea groups is 1. The molecule has 1 aliphatic rings. The van der Waals surface area contributed by atoms with Gasteiger partial charge in [0, 0.05) is 19.6 Å². The zero-order chi connectivity index (χ0) is 13.6. The number of aliphatic carboxylic acids is 1. The Hall–Kier alpha value is -1.26. The van der Waals surface area contributed by atoms with Crippen molar-refractivity contribution in [2.45, 2.75) is 46.0 Å². The highest BCUT2D eigenvalue weighted by atomic mass is 16.4. The third-order valence-corrected chi connectivity index (χ3v) is 3.56. The van der Waals surface area contributed by atoms with Gasteiger partial charge in [0.15, 0.2) is 0 Å². The molecule has 1 unspecified atom stereocenters. The van der Waals surface area contributed by atoms with Gasteiger partial charge in [0.25, 0.3) is 0 Å². The van der Waals surface area contributed by atoms with Crippen LogP contribution >= 0.6 is 0 Å². The number of rotatable bonds is 5. The Morgan fingerprint density at radius 3 is 2.72 bits per heavy atom. The predicted molar refractivity (Wildman–Crippen MR) is 69.5 cm³/mol. The molecule has 5 heteroatoms. The Labute approximate surface area is 109 Å². The van der Waals surface area contributed by atoms with Crippen LogP contribution in [0.5, 0.6) is 0 Å². The maximum Gasteiger partial charge on any atom is 0.317 e. The van der Waals surface area contributed by atoms with Crippen molar-refractivity contribution >= 4 is 12.0 Å². The molecule has 0 bridgehead atoms. The maximum absolute atomic E-state index is 11.9. The number of amides is 2. The Bertz CT molecular complexity index is 307. The van der Waals surface area contributed by atoms with Crippen LogP contribution in [0.15, 0.2) is 0 Å². The molecule has 0 aromatic rings. The molecule has 5 nitrogen and oxygen atoms in total. The first-order valence-electron chi connectivity index (χ1n) is 6.76. The van der Waals surface area contributed by atoms with Crippen molar-refractivity contribution in [3.63, 3.8) is 0 Å². The van der Waals surface area contributed by atoms with E-state index in [4.69, 9.17) is 0 Å². The van der Waals surface area contributed by atoms with Crippen LogP contribution in [0.1, 0.15) is 46.0 Å². The number of nitrogens with one attached hydrogen (secondary N) is 1. The lowest BCUT2D eigenvalue weighted by Gasteiger charge is -2.37. The van der Waals surface area contributed by atoms with E-state index < -0.39 is 11.4 Å². The highest BCUT2D eigenvalue weighted by Crippen LogP contribution is 2.29. The summed E-state index contributed by atoms with van der Waals surface area (Å²) in [6.07, 6.45) is 4.60. The average Bonchev–Trinajstić information content (AvgIpc) is 2.34. The summed E-state index contributed by atoms with van der Waals surface area (Å²) in [5, 5.41) is 12.0. The monoisotopic (exact) mass is 256 g/mol. The summed E-state index contributed by atoms with van der Waals surface area (Å²) in [7, 11) is 0. The van der Waals surface area contributed by atoms with E-state index in [1.165, 1.54) is 0 Å². The van der Waals surface area contributed by atoms with Crippen molar-refractivity contribution in [1.29, 1.82) is 0 Å². The molecule has 0 radical (unpaired) electrons. The van der Waals surface area contributed by atoms with E-state index in [2.05, 4.69) is 12.2 Å². The molecule has 0 saturated carbocycles. The summed E-state index contributed by atoms with van der Waals surface area (Å²) in [4.78, 5) is 24.7. The number of carboxylic acids is 1. The predicted octanol–water partition coefficient (Wildman–Crippen LogP) is 2.07. The molecule has 2 N–H and O–H groups in total. The van der Waals surface area contributed by atoms with E-state index in [0.717, 1.165) is 25.7 Å². The Morgan fingerprint density at radius 1 is 1.39 bits per heavy atom. The van der Waals surface area contributed by atoms with Crippen molar-refractivity contribution in [3.8, 4) is 0 Å². The van der Waals surface area contributed by atoms with Gasteiger partial charge in [-0.25, -0.2) is 4.79 Å². The quantitative estimate of drug-likeness (QED) is 0.740. The molecule has 18 heavy (non-hydrogen) atoms. The number of nitrogens with zero attached hydrogens (tertiary/aromatic N) is 1. The third kappa shape index (κ3) is 3.89. The highest BCUT2D eigenvalue weighted by Gasteiger charge is 2.39. The lowest BCUT2D eigenvalue weighted by Crippen LogP contribution is -2.51. The fourth-order valence-corrected chi connectivity index (χ4v) is 2.27. The first-order chi connectivity index (χ1) is 8.49. The Kier molecular flexibility index (Phi) is 5.44. The Balaban J connectivity index is 2.41. The van der Waals surface area contributed by atoms with Crippen molar-refractivity contribution in [3.05, 3.63) is 0 Å². The molecular formula is C13H24N2O3. The minimum atomic E-state index is -0.814. The van der Waals surface area contributed by atoms with Gasteiger partial charge in [0.2, 0.25) is 0 Å². The topological polar surface area (TPSA) is 69.6 Å². The van der Waals surface area contributed by atoms with Gasteiger partial charge in [0.1, 0.15) is 0 Å². The SMILES string of the molecule is CCCCCNC(=O)N1CCCC(C)(C(=O)O)C1. The molecule has 1 rings (SSSR count). The van der Waals surface area contributed by atoms with Crippen LogP contribution in [0.3, 0.4) is 0 Å². The standard InChI is InChI=1S/C13H24N2O3/c1-3-4-5-8-14-12(18)15-9-6-7-13(2,10-15)11(16)17/h3-10H2,1-2H3,(H,14,18)(H,16,17). The summed E-state index contributed by atoms with van der Waals surface area (Å²) in [5.74, 6) is -0.814. The molecule has 0 spiro atoms. The van der Waals surface area contributed by atoms with Crippen molar-refractivity contribution in [1.82, 2.24) is 10.2 Å². The van der Waals surface area contributed by atoms with Gasteiger partial charge in [-0.05, 0) is 26.2 Å². The lowest BCUT2D eigenvalue weighted by atomic mass is 9.82. The van der Waals surface area contributed by atoms with Gasteiger partial charge < -0.3 is 15.3 Å². The summed E-state index contributed by atoms with van der Waals surface area (Å²) in [6, 6.07) is -0.127. The second-order valence-electron chi connectivity index (χ2n) is 5.33. The highest BCUT2D eigenvalue weighted by molar-refractivity contribution is 5.78. The van der Waals surface area contributed by atoms with E-state index in [1.807, 2.05) is 0 Å². The van der Waals surface area contributed by atoms with Crippen LogP contribution in [0, 0.1) is 5.41 Å². The minimum Gasteiger partial charge on any atom is -0.481 e. The summed E-state index contributed by atoms with van der Waals surface area (Å²) in [6.45, 7) is 5.47. The zero-order valence-electron chi connectivity index (χ0n) is 11.4. The smallest absolute Gasteiger partial charge is 0.317 e. The van der Waals surface area contributed by atoms with Crippen LogP contribution < -0.4 is 5.32 Å². The summed E-state index contributed by atoms with van der Waals surface area (Å²) in [5.41, 5.74) is -0.793. The Morgan fingerprint density at radius 2 is 2.11 bits per heavy atom. The molecule has 2 amide bonds. The van der Waals surface area contributed by atoms with Crippen LogP contribution in [0.4, 0.5) is 4.79 Å². The van der Waals surface area contributed by atoms with Crippen LogP contribution in [-0.2, 0) is 4.79 Å². The van der Waals surface area contributed by atoms with Gasteiger partial charge in [0.05, 0.1) is 5.41 Å². The normalized spacial score (nSPS) is 23.8. The fourth-order valence-electron chi connectivity index (χ4n) is 2.27. The summed E-state index contributed by atoms with van der Waals surface area (Å²) >= 11 is 0. The van der Waals surface area contributed by atoms with Crippen molar-refractivity contribution in [2.24, 2.45) is 5.41 Å². The largest absolute Gasteiger partial charge is 0.481 e. The number of hydrogen-bond donors (Lipinski definition) is 2. The van der Waals surface area contributed by atoms with E-state index in [-0.39, 0.29) is 6.03 Å². The maximum atomic E-state index is 11.9. The third-order valence-electron chi connectivity index (χ3n) is 3.56. The molecular weight excluding hydrogens is 232 g/mol. The molecule has 1 fully saturated rings. The van der Waals surface area contributed by atoms with Crippen LogP contribution in [0.2, 0.25) is 0 Å². The first kappa shape index (κ1) is 14.8. The molecule has 1 aliphatic heterocycles. The fraction of sp³-hybridized carbons (Fsp3) is 0.846. The van der Waals surface area contributed by atoms with E-state index >= 15 is 0 Å². The molecule has 1 atom stereocenters. The first-order valence-corrected chi connectivity index (χ1v) is 6.76. The van der Waals surface area contributed by atoms with E-state index in [1.54, 1.807) is 11.8 Å². The number of carbonyl (C=O) groups excluding carboxylic acids is 1. The number of piperidine rings is 1. The van der Waals surface area contributed by atoms with E-state index in [0.29, 0.717) is 26.1 Å². The number of carboxylic acid groups (broad SMARTS) is 1. The number of hydrogen-bond acceptors (Lipinski definition) is 2. The van der Waals surface area contributed by atoms with Crippen LogP contribution in [-0.4, -0.2) is 41.6 Å².